The molecule has 97 heavy (non-hydrogen) atoms. The molecule has 19 heteroatoms. The molecule has 0 amide bonds. The van der Waals surface area contributed by atoms with Crippen LogP contribution in [-0.2, 0) is 65.4 Å². The zero-order valence-electron chi connectivity index (χ0n) is 63.5. The Morgan fingerprint density at radius 1 is 0.278 bits per heavy atom. The summed E-state index contributed by atoms with van der Waals surface area (Å²) in [6.07, 6.45) is 55.3. The highest BCUT2D eigenvalue weighted by Crippen LogP contribution is 2.45. The molecule has 576 valence electrons. The fraction of sp³-hybridized carbons (Fsp3) is 0.949. The fourth-order valence-electron chi connectivity index (χ4n) is 12.0. The molecule has 5 atom stereocenters. The summed E-state index contributed by atoms with van der Waals surface area (Å²) in [7, 11) is -9.92. The Labute approximate surface area is 594 Å². The molecular formula is C78H152O17P2. The zero-order chi connectivity index (χ0) is 71.6. The first-order chi connectivity index (χ1) is 46.7. The van der Waals surface area contributed by atoms with Crippen molar-refractivity contribution in [3.8, 4) is 0 Å². The molecule has 0 saturated carbocycles. The van der Waals surface area contributed by atoms with Gasteiger partial charge in [-0.15, -0.1) is 0 Å². The number of aliphatic hydroxyl groups excluding tert-OH is 1. The first-order valence-corrected chi connectivity index (χ1v) is 43.3. The summed E-state index contributed by atoms with van der Waals surface area (Å²) in [6.45, 7) is 11.9. The minimum atomic E-state index is -4.96. The number of hydrogen-bond donors (Lipinski definition) is 3. The second-order valence-corrected chi connectivity index (χ2v) is 32.4. The van der Waals surface area contributed by atoms with E-state index in [-0.39, 0.29) is 25.7 Å². The van der Waals surface area contributed by atoms with Gasteiger partial charge >= 0.3 is 39.5 Å². The van der Waals surface area contributed by atoms with E-state index in [0.29, 0.717) is 25.7 Å². The lowest BCUT2D eigenvalue weighted by molar-refractivity contribution is -0.161. The van der Waals surface area contributed by atoms with Crippen molar-refractivity contribution in [3.05, 3.63) is 0 Å². The van der Waals surface area contributed by atoms with Crippen molar-refractivity contribution in [2.24, 2.45) is 17.8 Å². The molecule has 0 aliphatic carbocycles. The Balaban J connectivity index is 5.27. The Hall–Kier alpha value is -1.94. The molecule has 0 radical (unpaired) electrons. The van der Waals surface area contributed by atoms with E-state index in [9.17, 15) is 43.2 Å². The maximum absolute atomic E-state index is 13.1. The largest absolute Gasteiger partial charge is 0.472 e. The van der Waals surface area contributed by atoms with Crippen molar-refractivity contribution in [2.45, 2.75) is 420 Å². The van der Waals surface area contributed by atoms with Crippen LogP contribution in [0.3, 0.4) is 0 Å². The van der Waals surface area contributed by atoms with Crippen LogP contribution in [0.15, 0.2) is 0 Å². The van der Waals surface area contributed by atoms with Crippen LogP contribution in [0.25, 0.3) is 0 Å². The first-order valence-electron chi connectivity index (χ1n) is 40.3. The number of esters is 4. The highest BCUT2D eigenvalue weighted by atomic mass is 31.2. The zero-order valence-corrected chi connectivity index (χ0v) is 65.3. The van der Waals surface area contributed by atoms with Crippen molar-refractivity contribution in [1.82, 2.24) is 0 Å². The van der Waals surface area contributed by atoms with Crippen molar-refractivity contribution < 1.29 is 80.2 Å². The van der Waals surface area contributed by atoms with Crippen molar-refractivity contribution in [1.29, 1.82) is 0 Å². The van der Waals surface area contributed by atoms with E-state index < -0.39 is 97.5 Å². The molecule has 17 nitrogen and oxygen atoms in total. The predicted octanol–water partition coefficient (Wildman–Crippen LogP) is 23.0. The maximum Gasteiger partial charge on any atom is 0.472 e. The number of phosphoric acid groups is 2. The number of hydrogen-bond acceptors (Lipinski definition) is 15. The van der Waals surface area contributed by atoms with E-state index in [1.54, 1.807) is 0 Å². The van der Waals surface area contributed by atoms with E-state index in [0.717, 1.165) is 108 Å². The number of ether oxygens (including phenoxy) is 4. The van der Waals surface area contributed by atoms with Crippen LogP contribution in [0.2, 0.25) is 0 Å². The number of carbonyl (C=O) groups excluding carboxylic acids is 4. The molecule has 0 aliphatic heterocycles. The molecule has 0 fully saturated rings. The Kier molecular flexibility index (Phi) is 67.1. The lowest BCUT2D eigenvalue weighted by Crippen LogP contribution is -2.30. The summed E-state index contributed by atoms with van der Waals surface area (Å²) in [5.74, 6) is 0.199. The first kappa shape index (κ1) is 95.1. The normalized spacial score (nSPS) is 14.0. The van der Waals surface area contributed by atoms with Gasteiger partial charge in [0, 0.05) is 25.7 Å². The molecule has 0 heterocycles. The van der Waals surface area contributed by atoms with E-state index in [1.807, 2.05) is 0 Å². The predicted molar refractivity (Wildman–Crippen MR) is 395 cm³/mol. The Bertz CT molecular complexity index is 1890. The second kappa shape index (κ2) is 68.5. The quantitative estimate of drug-likeness (QED) is 0.0222. The summed E-state index contributed by atoms with van der Waals surface area (Å²) < 4.78 is 68.6. The number of rotatable bonds is 76. The van der Waals surface area contributed by atoms with Gasteiger partial charge in [0.25, 0.3) is 0 Å². The van der Waals surface area contributed by atoms with Crippen molar-refractivity contribution >= 4 is 39.5 Å². The number of aliphatic hydroxyl groups is 1. The van der Waals surface area contributed by atoms with E-state index >= 15 is 0 Å². The van der Waals surface area contributed by atoms with Gasteiger partial charge in [-0.05, 0) is 43.4 Å². The topological polar surface area (TPSA) is 237 Å². The SMILES string of the molecule is CCCCCCCCCCCCCCCCC(=O)O[C@H](COC(=O)CCCCCCCCCCCC(C)C)COP(=O)(O)OC[C@H](O)COP(=O)(O)OC[C@@H](COC(=O)CCCCCCCCCCCCCCC(C)C)OC(=O)CCCCCCCCCCCCCCCC(C)C. The molecule has 0 aromatic rings. The van der Waals surface area contributed by atoms with Gasteiger partial charge in [0.15, 0.2) is 12.2 Å². The third-order valence-electron chi connectivity index (χ3n) is 18.1. The second-order valence-electron chi connectivity index (χ2n) is 29.5. The lowest BCUT2D eigenvalue weighted by Gasteiger charge is -2.21. The summed E-state index contributed by atoms with van der Waals surface area (Å²) >= 11 is 0. The molecule has 0 aliphatic rings. The van der Waals surface area contributed by atoms with Gasteiger partial charge in [0.2, 0.25) is 0 Å². The summed E-state index contributed by atoms with van der Waals surface area (Å²) in [4.78, 5) is 72.9. The molecule has 0 bridgehead atoms. The summed E-state index contributed by atoms with van der Waals surface area (Å²) in [6, 6.07) is 0. The molecule has 2 unspecified atom stereocenters. The lowest BCUT2D eigenvalue weighted by atomic mass is 10.0. The highest BCUT2D eigenvalue weighted by molar-refractivity contribution is 7.47. The summed E-state index contributed by atoms with van der Waals surface area (Å²) in [5, 5.41) is 10.6. The molecular weight excluding hydrogens is 1270 g/mol. The van der Waals surface area contributed by atoms with Crippen LogP contribution in [0.5, 0.6) is 0 Å². The molecule has 3 N–H and O–H groups in total. The highest BCUT2D eigenvalue weighted by Gasteiger charge is 2.30. The molecule has 0 aromatic heterocycles. The Morgan fingerprint density at radius 2 is 0.474 bits per heavy atom. The van der Waals surface area contributed by atoms with Gasteiger partial charge in [0.05, 0.1) is 26.4 Å². The minimum absolute atomic E-state index is 0.107. The Morgan fingerprint density at radius 3 is 0.701 bits per heavy atom. The molecule has 0 spiro atoms. The van der Waals surface area contributed by atoms with Crippen LogP contribution in [-0.4, -0.2) is 96.7 Å². The van der Waals surface area contributed by atoms with Gasteiger partial charge in [-0.3, -0.25) is 37.3 Å². The molecule has 0 rings (SSSR count). The van der Waals surface area contributed by atoms with E-state index in [4.69, 9.17) is 37.0 Å². The number of phosphoric ester groups is 2. The maximum atomic E-state index is 13.1. The number of carbonyl (C=O) groups is 4. The van der Waals surface area contributed by atoms with Crippen LogP contribution in [0, 0.1) is 17.8 Å². The third kappa shape index (κ3) is 72.2. The van der Waals surface area contributed by atoms with Crippen molar-refractivity contribution in [2.75, 3.05) is 39.6 Å². The average Bonchev–Trinajstić information content (AvgIpc) is 1.19. The smallest absolute Gasteiger partial charge is 0.462 e. The van der Waals surface area contributed by atoms with Crippen LogP contribution in [0.1, 0.15) is 402 Å². The van der Waals surface area contributed by atoms with E-state index in [1.165, 1.54) is 212 Å². The number of unbranched alkanes of at least 4 members (excludes halogenated alkanes) is 44. The van der Waals surface area contributed by atoms with Crippen LogP contribution >= 0.6 is 15.6 Å². The van der Waals surface area contributed by atoms with Gasteiger partial charge < -0.3 is 33.8 Å². The van der Waals surface area contributed by atoms with Gasteiger partial charge in [-0.25, -0.2) is 9.13 Å². The third-order valence-corrected chi connectivity index (χ3v) is 20.0. The molecule has 0 saturated heterocycles. The van der Waals surface area contributed by atoms with Crippen LogP contribution < -0.4 is 0 Å². The molecule has 0 aromatic carbocycles. The van der Waals surface area contributed by atoms with Gasteiger partial charge in [-0.1, -0.05) is 350 Å². The van der Waals surface area contributed by atoms with Crippen molar-refractivity contribution in [3.63, 3.8) is 0 Å². The van der Waals surface area contributed by atoms with Gasteiger partial charge in [0.1, 0.15) is 19.3 Å². The standard InChI is InChI=1S/C78H152O17P2/c1-8-9-10-11-12-13-14-15-18-25-32-40-47-54-61-77(82)95-74(66-89-76(81)60-53-46-39-34-27-30-37-44-51-58-71(6)7)68-93-97(86,87)91-64-72(79)63-90-96(84,85)92-67-73(65-88-75(80)59-52-45-38-31-24-21-20-23-29-36-43-50-57-70(4)5)94-78(83)62-55-48-41-33-26-19-16-17-22-28-35-42-49-56-69(2)3/h69-74,79H,8-68H2,1-7H3,(H,84,85)(H,86,87)/t72-,73-,74-/m1/s1. The van der Waals surface area contributed by atoms with Crippen LogP contribution in [0.4, 0.5) is 0 Å². The summed E-state index contributed by atoms with van der Waals surface area (Å²) in [5.41, 5.74) is 0. The minimum Gasteiger partial charge on any atom is -0.462 e. The average molecular weight is 1420 g/mol. The van der Waals surface area contributed by atoms with Gasteiger partial charge in [-0.2, -0.15) is 0 Å². The van der Waals surface area contributed by atoms with E-state index in [2.05, 4.69) is 48.5 Å². The fourth-order valence-corrected chi connectivity index (χ4v) is 13.5. The monoisotopic (exact) mass is 1420 g/mol.